The van der Waals surface area contributed by atoms with Gasteiger partial charge in [-0.3, -0.25) is 9.89 Å². The van der Waals surface area contributed by atoms with Gasteiger partial charge < -0.3 is 9.64 Å². The Morgan fingerprint density at radius 3 is 2.79 bits per heavy atom. The number of nitrogens with one attached hydrogen (secondary N) is 1. The lowest BCUT2D eigenvalue weighted by Gasteiger charge is -2.27. The third-order valence-electron chi connectivity index (χ3n) is 4.02. The Labute approximate surface area is 138 Å². The summed E-state index contributed by atoms with van der Waals surface area (Å²) in [6.07, 6.45) is 0.805. The van der Waals surface area contributed by atoms with E-state index in [1.807, 2.05) is 0 Å². The lowest BCUT2D eigenvalue weighted by Crippen LogP contribution is -2.37. The molecule has 1 aliphatic rings. The SMILES string of the molecule is CCOC(=O)c1n[nH]c2c1CN(C(=O)Cc1ccc(F)cc1)CC2. The Balaban J connectivity index is 1.72. The minimum atomic E-state index is -0.483. The fraction of sp³-hybridized carbons (Fsp3) is 0.353. The van der Waals surface area contributed by atoms with E-state index >= 15 is 0 Å². The first-order valence-electron chi connectivity index (χ1n) is 7.84. The molecule has 0 saturated heterocycles. The van der Waals surface area contributed by atoms with Gasteiger partial charge in [0.05, 0.1) is 13.0 Å². The van der Waals surface area contributed by atoms with E-state index in [0.29, 0.717) is 25.1 Å². The van der Waals surface area contributed by atoms with E-state index in [9.17, 15) is 14.0 Å². The molecule has 2 aromatic rings. The number of ether oxygens (including phenoxy) is 1. The summed E-state index contributed by atoms with van der Waals surface area (Å²) in [4.78, 5) is 26.1. The zero-order valence-corrected chi connectivity index (χ0v) is 13.3. The molecule has 126 valence electrons. The van der Waals surface area contributed by atoms with Crippen LogP contribution in [-0.4, -0.2) is 40.1 Å². The summed E-state index contributed by atoms with van der Waals surface area (Å²) < 4.78 is 17.9. The molecule has 0 saturated carbocycles. The van der Waals surface area contributed by atoms with Gasteiger partial charge in [-0.05, 0) is 24.6 Å². The first-order valence-corrected chi connectivity index (χ1v) is 7.84. The molecule has 0 radical (unpaired) electrons. The number of aromatic nitrogens is 2. The Morgan fingerprint density at radius 1 is 1.33 bits per heavy atom. The second-order valence-electron chi connectivity index (χ2n) is 5.62. The molecule has 0 fully saturated rings. The fourth-order valence-corrected chi connectivity index (χ4v) is 2.76. The van der Waals surface area contributed by atoms with Crippen molar-refractivity contribution in [1.29, 1.82) is 0 Å². The van der Waals surface area contributed by atoms with Gasteiger partial charge in [0.15, 0.2) is 5.69 Å². The third kappa shape index (κ3) is 3.29. The van der Waals surface area contributed by atoms with Crippen molar-refractivity contribution in [3.8, 4) is 0 Å². The highest BCUT2D eigenvalue weighted by molar-refractivity contribution is 5.89. The number of hydrogen-bond acceptors (Lipinski definition) is 4. The number of rotatable bonds is 4. The van der Waals surface area contributed by atoms with Gasteiger partial charge in [-0.15, -0.1) is 0 Å². The van der Waals surface area contributed by atoms with Gasteiger partial charge in [-0.2, -0.15) is 5.10 Å². The molecule has 1 aliphatic heterocycles. The van der Waals surface area contributed by atoms with Crippen molar-refractivity contribution in [2.24, 2.45) is 0 Å². The molecule has 1 amide bonds. The fourth-order valence-electron chi connectivity index (χ4n) is 2.76. The number of benzene rings is 1. The van der Waals surface area contributed by atoms with Crippen molar-refractivity contribution in [3.63, 3.8) is 0 Å². The van der Waals surface area contributed by atoms with Crippen LogP contribution >= 0.6 is 0 Å². The van der Waals surface area contributed by atoms with Crippen LogP contribution < -0.4 is 0 Å². The van der Waals surface area contributed by atoms with Crippen LogP contribution in [0, 0.1) is 5.82 Å². The number of H-pyrrole nitrogens is 1. The van der Waals surface area contributed by atoms with Gasteiger partial charge in [0.2, 0.25) is 5.91 Å². The van der Waals surface area contributed by atoms with E-state index in [1.165, 1.54) is 12.1 Å². The van der Waals surface area contributed by atoms with E-state index in [2.05, 4.69) is 10.2 Å². The molecule has 1 N–H and O–H groups in total. The van der Waals surface area contributed by atoms with E-state index < -0.39 is 5.97 Å². The topological polar surface area (TPSA) is 75.3 Å². The van der Waals surface area contributed by atoms with Crippen LogP contribution in [0.25, 0.3) is 0 Å². The summed E-state index contributed by atoms with van der Waals surface area (Å²) in [6, 6.07) is 5.88. The number of carbonyl (C=O) groups excluding carboxylic acids is 2. The Morgan fingerprint density at radius 2 is 2.08 bits per heavy atom. The summed E-state index contributed by atoms with van der Waals surface area (Å²) in [6.45, 7) is 2.88. The number of fused-ring (bicyclic) bond motifs is 1. The first kappa shape index (κ1) is 16.2. The maximum absolute atomic E-state index is 12.9. The molecule has 6 nitrogen and oxygen atoms in total. The molecular weight excluding hydrogens is 313 g/mol. The molecule has 0 aliphatic carbocycles. The summed E-state index contributed by atoms with van der Waals surface area (Å²) >= 11 is 0. The van der Waals surface area contributed by atoms with Crippen LogP contribution in [0.1, 0.15) is 34.2 Å². The zero-order chi connectivity index (χ0) is 17.1. The number of amides is 1. The highest BCUT2D eigenvalue weighted by Gasteiger charge is 2.28. The molecule has 3 rings (SSSR count). The molecule has 1 aromatic carbocycles. The number of hydrogen-bond donors (Lipinski definition) is 1. The van der Waals surface area contributed by atoms with Gasteiger partial charge in [0, 0.05) is 30.8 Å². The van der Waals surface area contributed by atoms with Crippen LogP contribution in [0.4, 0.5) is 4.39 Å². The van der Waals surface area contributed by atoms with Crippen molar-refractivity contribution in [2.75, 3.05) is 13.2 Å². The van der Waals surface area contributed by atoms with Crippen LogP contribution in [0.2, 0.25) is 0 Å². The lowest BCUT2D eigenvalue weighted by molar-refractivity contribution is -0.131. The number of esters is 1. The van der Waals surface area contributed by atoms with Crippen molar-refractivity contribution < 1.29 is 18.7 Å². The van der Waals surface area contributed by atoms with Crippen LogP contribution in [0.5, 0.6) is 0 Å². The standard InChI is InChI=1S/C17H18FN3O3/c1-2-24-17(23)16-13-10-21(8-7-14(13)19-20-16)15(22)9-11-3-5-12(18)6-4-11/h3-6H,2,7-10H2,1H3,(H,19,20). The predicted octanol–water partition coefficient (Wildman–Crippen LogP) is 1.85. The molecule has 1 aromatic heterocycles. The van der Waals surface area contributed by atoms with Crippen LogP contribution in [0.15, 0.2) is 24.3 Å². The minimum absolute atomic E-state index is 0.0664. The average Bonchev–Trinajstić information content (AvgIpc) is 3.00. The van der Waals surface area contributed by atoms with E-state index in [-0.39, 0.29) is 30.4 Å². The van der Waals surface area contributed by atoms with Crippen molar-refractivity contribution >= 4 is 11.9 Å². The van der Waals surface area contributed by atoms with Crippen LogP contribution in [0.3, 0.4) is 0 Å². The number of carbonyl (C=O) groups is 2. The Kier molecular flexibility index (Phi) is 4.59. The lowest BCUT2D eigenvalue weighted by atomic mass is 10.0. The maximum atomic E-state index is 12.9. The smallest absolute Gasteiger partial charge is 0.359 e. The normalized spacial score (nSPS) is 13.5. The van der Waals surface area contributed by atoms with Gasteiger partial charge in [0.25, 0.3) is 0 Å². The molecule has 2 heterocycles. The van der Waals surface area contributed by atoms with Crippen molar-refractivity contribution in [3.05, 3.63) is 52.6 Å². The van der Waals surface area contributed by atoms with Crippen molar-refractivity contribution in [2.45, 2.75) is 26.3 Å². The molecule has 0 bridgehead atoms. The number of aromatic amines is 1. The first-order chi connectivity index (χ1) is 11.6. The van der Waals surface area contributed by atoms with E-state index in [4.69, 9.17) is 4.74 Å². The quantitative estimate of drug-likeness (QED) is 0.868. The predicted molar refractivity (Wildman–Crippen MR) is 83.8 cm³/mol. The summed E-state index contributed by atoms with van der Waals surface area (Å²) in [5.74, 6) is -0.877. The van der Waals surface area contributed by atoms with E-state index in [1.54, 1.807) is 24.0 Å². The van der Waals surface area contributed by atoms with Gasteiger partial charge in [0.1, 0.15) is 5.82 Å². The third-order valence-corrected chi connectivity index (χ3v) is 4.02. The van der Waals surface area contributed by atoms with Gasteiger partial charge >= 0.3 is 5.97 Å². The molecule has 0 atom stereocenters. The molecule has 0 unspecified atom stereocenters. The molecule has 0 spiro atoms. The summed E-state index contributed by atoms with van der Waals surface area (Å²) in [5.41, 5.74) is 2.58. The van der Waals surface area contributed by atoms with Crippen LogP contribution in [-0.2, 0) is 28.9 Å². The monoisotopic (exact) mass is 331 g/mol. The van der Waals surface area contributed by atoms with E-state index in [0.717, 1.165) is 11.3 Å². The van der Waals surface area contributed by atoms with Crippen molar-refractivity contribution in [1.82, 2.24) is 15.1 Å². The highest BCUT2D eigenvalue weighted by Crippen LogP contribution is 2.22. The minimum Gasteiger partial charge on any atom is -0.461 e. The number of halogens is 1. The molecule has 7 heteroatoms. The largest absolute Gasteiger partial charge is 0.461 e. The second-order valence-corrected chi connectivity index (χ2v) is 5.62. The highest BCUT2D eigenvalue weighted by atomic mass is 19.1. The zero-order valence-electron chi connectivity index (χ0n) is 13.3. The maximum Gasteiger partial charge on any atom is 0.359 e. The van der Waals surface area contributed by atoms with Gasteiger partial charge in [-0.25, -0.2) is 9.18 Å². The summed E-state index contributed by atoms with van der Waals surface area (Å²) in [7, 11) is 0. The Bertz CT molecular complexity index is 755. The Hall–Kier alpha value is -2.70. The summed E-state index contributed by atoms with van der Waals surface area (Å²) in [5, 5.41) is 6.88. The van der Waals surface area contributed by atoms with Gasteiger partial charge in [-0.1, -0.05) is 12.1 Å². The number of nitrogens with zero attached hydrogens (tertiary/aromatic N) is 2. The second kappa shape index (κ2) is 6.82. The average molecular weight is 331 g/mol. The molecular formula is C17H18FN3O3. The molecule has 24 heavy (non-hydrogen) atoms.